The van der Waals surface area contributed by atoms with Crippen LogP contribution in [0.1, 0.15) is 56.9 Å². The van der Waals surface area contributed by atoms with Crippen molar-refractivity contribution in [3.05, 3.63) is 29.8 Å². The SMILES string of the molecule is CCC(=O)Nc1ccc(C2CCCCC2)cc1. The fourth-order valence-corrected chi connectivity index (χ4v) is 2.52. The maximum Gasteiger partial charge on any atom is 0.224 e. The van der Waals surface area contributed by atoms with Crippen molar-refractivity contribution in [1.29, 1.82) is 0 Å². The van der Waals surface area contributed by atoms with E-state index in [0.29, 0.717) is 6.42 Å². The number of benzene rings is 1. The molecule has 0 unspecified atom stereocenters. The second-order valence-corrected chi connectivity index (χ2v) is 4.86. The Balaban J connectivity index is 1.99. The zero-order valence-electron chi connectivity index (χ0n) is 10.5. The van der Waals surface area contributed by atoms with Crippen molar-refractivity contribution in [3.63, 3.8) is 0 Å². The van der Waals surface area contributed by atoms with Crippen LogP contribution in [0.25, 0.3) is 0 Å². The topological polar surface area (TPSA) is 29.1 Å². The highest BCUT2D eigenvalue weighted by atomic mass is 16.1. The molecule has 1 aromatic rings. The van der Waals surface area contributed by atoms with E-state index in [0.717, 1.165) is 11.6 Å². The third-order valence-electron chi connectivity index (χ3n) is 3.59. The first-order valence-corrected chi connectivity index (χ1v) is 6.69. The van der Waals surface area contributed by atoms with Crippen LogP contribution in [0, 0.1) is 0 Å². The lowest BCUT2D eigenvalue weighted by Gasteiger charge is -2.22. The predicted molar refractivity (Wildman–Crippen MR) is 71.2 cm³/mol. The molecule has 1 saturated carbocycles. The van der Waals surface area contributed by atoms with Gasteiger partial charge >= 0.3 is 0 Å². The first kappa shape index (κ1) is 12.2. The highest BCUT2D eigenvalue weighted by Crippen LogP contribution is 2.32. The van der Waals surface area contributed by atoms with Crippen LogP contribution in [0.3, 0.4) is 0 Å². The molecular formula is C15H21NO. The molecule has 0 spiro atoms. The Morgan fingerprint density at radius 1 is 1.18 bits per heavy atom. The summed E-state index contributed by atoms with van der Waals surface area (Å²) < 4.78 is 0. The summed E-state index contributed by atoms with van der Waals surface area (Å²) in [6, 6.07) is 8.39. The first-order valence-electron chi connectivity index (χ1n) is 6.69. The monoisotopic (exact) mass is 231 g/mol. The van der Waals surface area contributed by atoms with E-state index in [2.05, 4.69) is 17.4 Å². The fraction of sp³-hybridized carbons (Fsp3) is 0.533. The number of carbonyl (C=O) groups excluding carboxylic acids is 1. The zero-order chi connectivity index (χ0) is 12.1. The lowest BCUT2D eigenvalue weighted by molar-refractivity contribution is -0.115. The molecule has 2 heteroatoms. The smallest absolute Gasteiger partial charge is 0.224 e. The average Bonchev–Trinajstić information content (AvgIpc) is 2.40. The van der Waals surface area contributed by atoms with Crippen molar-refractivity contribution >= 4 is 11.6 Å². The third kappa shape index (κ3) is 3.32. The third-order valence-corrected chi connectivity index (χ3v) is 3.59. The predicted octanol–water partition coefficient (Wildman–Crippen LogP) is 4.08. The van der Waals surface area contributed by atoms with Crippen molar-refractivity contribution in [2.75, 3.05) is 5.32 Å². The Hall–Kier alpha value is -1.31. The molecule has 2 nitrogen and oxygen atoms in total. The molecule has 2 rings (SSSR count). The summed E-state index contributed by atoms with van der Waals surface area (Å²) in [5.41, 5.74) is 2.34. The van der Waals surface area contributed by atoms with Crippen molar-refractivity contribution in [2.45, 2.75) is 51.4 Å². The molecule has 0 atom stereocenters. The van der Waals surface area contributed by atoms with E-state index in [1.165, 1.54) is 37.7 Å². The molecule has 17 heavy (non-hydrogen) atoms. The van der Waals surface area contributed by atoms with E-state index in [1.807, 2.05) is 19.1 Å². The van der Waals surface area contributed by atoms with Gasteiger partial charge in [-0.05, 0) is 36.5 Å². The van der Waals surface area contributed by atoms with Crippen LogP contribution in [0.15, 0.2) is 24.3 Å². The number of amides is 1. The van der Waals surface area contributed by atoms with Gasteiger partial charge < -0.3 is 5.32 Å². The Morgan fingerprint density at radius 3 is 2.41 bits per heavy atom. The minimum Gasteiger partial charge on any atom is -0.326 e. The lowest BCUT2D eigenvalue weighted by atomic mass is 9.84. The summed E-state index contributed by atoms with van der Waals surface area (Å²) >= 11 is 0. The summed E-state index contributed by atoms with van der Waals surface area (Å²) in [5.74, 6) is 0.815. The van der Waals surface area contributed by atoms with E-state index in [1.54, 1.807) is 0 Å². The maximum absolute atomic E-state index is 11.3. The molecular weight excluding hydrogens is 210 g/mol. The van der Waals surface area contributed by atoms with Crippen LogP contribution in [0.4, 0.5) is 5.69 Å². The van der Waals surface area contributed by atoms with E-state index in [9.17, 15) is 4.79 Å². The number of hydrogen-bond acceptors (Lipinski definition) is 1. The number of nitrogens with one attached hydrogen (secondary N) is 1. The van der Waals surface area contributed by atoms with Crippen LogP contribution < -0.4 is 5.32 Å². The second kappa shape index (κ2) is 5.85. The summed E-state index contributed by atoms with van der Waals surface area (Å²) in [4.78, 5) is 11.3. The largest absolute Gasteiger partial charge is 0.326 e. The van der Waals surface area contributed by atoms with Gasteiger partial charge in [0, 0.05) is 12.1 Å². The Kier molecular flexibility index (Phi) is 4.18. The maximum atomic E-state index is 11.3. The van der Waals surface area contributed by atoms with Gasteiger partial charge in [0.1, 0.15) is 0 Å². The normalized spacial score (nSPS) is 16.8. The van der Waals surface area contributed by atoms with E-state index < -0.39 is 0 Å². The molecule has 1 aliphatic carbocycles. The number of rotatable bonds is 3. The zero-order valence-corrected chi connectivity index (χ0v) is 10.5. The molecule has 0 saturated heterocycles. The molecule has 1 amide bonds. The summed E-state index contributed by atoms with van der Waals surface area (Å²) in [7, 11) is 0. The molecule has 0 bridgehead atoms. The van der Waals surface area contributed by atoms with Gasteiger partial charge in [0.15, 0.2) is 0 Å². The summed E-state index contributed by atoms with van der Waals surface area (Å²) in [6.45, 7) is 1.87. The molecule has 0 aliphatic heterocycles. The van der Waals surface area contributed by atoms with Gasteiger partial charge in [-0.1, -0.05) is 38.3 Å². The molecule has 0 aromatic heterocycles. The Morgan fingerprint density at radius 2 is 1.82 bits per heavy atom. The minimum atomic E-state index is 0.0791. The van der Waals surface area contributed by atoms with Crippen molar-refractivity contribution in [2.24, 2.45) is 0 Å². The molecule has 92 valence electrons. The number of carbonyl (C=O) groups is 1. The lowest BCUT2D eigenvalue weighted by Crippen LogP contribution is -2.09. The van der Waals surface area contributed by atoms with Crippen molar-refractivity contribution in [3.8, 4) is 0 Å². The summed E-state index contributed by atoms with van der Waals surface area (Å²) in [5, 5.41) is 2.88. The molecule has 1 aliphatic rings. The highest BCUT2D eigenvalue weighted by Gasteiger charge is 2.15. The number of anilines is 1. The van der Waals surface area contributed by atoms with Crippen molar-refractivity contribution < 1.29 is 4.79 Å². The van der Waals surface area contributed by atoms with Gasteiger partial charge in [0.2, 0.25) is 5.91 Å². The van der Waals surface area contributed by atoms with Crippen molar-refractivity contribution in [1.82, 2.24) is 0 Å². The van der Waals surface area contributed by atoms with Crippen LogP contribution in [-0.4, -0.2) is 5.91 Å². The van der Waals surface area contributed by atoms with Gasteiger partial charge in [-0.2, -0.15) is 0 Å². The second-order valence-electron chi connectivity index (χ2n) is 4.86. The summed E-state index contributed by atoms with van der Waals surface area (Å²) in [6.07, 6.45) is 7.28. The van der Waals surface area contributed by atoms with Crippen LogP contribution in [0.5, 0.6) is 0 Å². The van der Waals surface area contributed by atoms with E-state index in [4.69, 9.17) is 0 Å². The highest BCUT2D eigenvalue weighted by molar-refractivity contribution is 5.90. The molecule has 0 radical (unpaired) electrons. The fourth-order valence-electron chi connectivity index (χ4n) is 2.52. The average molecular weight is 231 g/mol. The molecule has 1 aromatic carbocycles. The van der Waals surface area contributed by atoms with Crippen LogP contribution in [-0.2, 0) is 4.79 Å². The quantitative estimate of drug-likeness (QED) is 0.834. The first-order chi connectivity index (χ1) is 8.29. The van der Waals surface area contributed by atoms with Crippen LogP contribution in [0.2, 0.25) is 0 Å². The minimum absolute atomic E-state index is 0.0791. The molecule has 1 fully saturated rings. The van der Waals surface area contributed by atoms with E-state index in [-0.39, 0.29) is 5.91 Å². The van der Waals surface area contributed by atoms with E-state index >= 15 is 0 Å². The standard InChI is InChI=1S/C15H21NO/c1-2-15(17)16-14-10-8-13(9-11-14)12-6-4-3-5-7-12/h8-12H,2-7H2,1H3,(H,16,17). The van der Waals surface area contributed by atoms with Gasteiger partial charge in [0.05, 0.1) is 0 Å². The molecule has 1 N–H and O–H groups in total. The van der Waals surface area contributed by atoms with Gasteiger partial charge in [-0.3, -0.25) is 4.79 Å². The van der Waals surface area contributed by atoms with Crippen LogP contribution >= 0.6 is 0 Å². The van der Waals surface area contributed by atoms with Gasteiger partial charge in [0.25, 0.3) is 0 Å². The molecule has 0 heterocycles. The van der Waals surface area contributed by atoms with Gasteiger partial charge in [-0.25, -0.2) is 0 Å². The number of hydrogen-bond donors (Lipinski definition) is 1. The van der Waals surface area contributed by atoms with Gasteiger partial charge in [-0.15, -0.1) is 0 Å². The Labute approximate surface area is 103 Å². The Bertz CT molecular complexity index is 363.